The van der Waals surface area contributed by atoms with Crippen LogP contribution in [-0.2, 0) is 4.79 Å². The molecule has 12 heavy (non-hydrogen) atoms. The lowest BCUT2D eigenvalue weighted by Gasteiger charge is -2.65. The highest BCUT2D eigenvalue weighted by Crippen LogP contribution is 2.79. The summed E-state index contributed by atoms with van der Waals surface area (Å²) in [5.74, 6) is 3.99. The van der Waals surface area contributed by atoms with Gasteiger partial charge in [0.05, 0.1) is 0 Å². The monoisotopic (exact) mass is 162 g/mol. The van der Waals surface area contributed by atoms with E-state index in [9.17, 15) is 4.79 Å². The second-order valence-corrected chi connectivity index (χ2v) is 5.36. The minimum Gasteiger partial charge on any atom is -0.299 e. The van der Waals surface area contributed by atoms with Gasteiger partial charge >= 0.3 is 0 Å². The van der Waals surface area contributed by atoms with Gasteiger partial charge in [0.2, 0.25) is 0 Å². The molecule has 64 valence electrons. The van der Waals surface area contributed by atoms with Crippen LogP contribution >= 0.6 is 0 Å². The molecule has 5 atom stereocenters. The molecule has 0 aromatic heterocycles. The molecule has 4 aliphatic rings. The number of carbonyl (C=O) groups is 1. The normalized spacial score (nSPS) is 65.2. The summed E-state index contributed by atoms with van der Waals surface area (Å²) < 4.78 is 0. The molecular weight excluding hydrogens is 148 g/mol. The molecule has 0 radical (unpaired) electrons. The average molecular weight is 162 g/mol. The van der Waals surface area contributed by atoms with Gasteiger partial charge in [-0.15, -0.1) is 0 Å². The predicted molar refractivity (Wildman–Crippen MR) is 44.5 cm³/mol. The fourth-order valence-electron chi connectivity index (χ4n) is 5.17. The summed E-state index contributed by atoms with van der Waals surface area (Å²) >= 11 is 0. The van der Waals surface area contributed by atoms with Crippen LogP contribution in [0.4, 0.5) is 0 Å². The molecule has 1 heteroatoms. The van der Waals surface area contributed by atoms with Gasteiger partial charge in [0.25, 0.3) is 0 Å². The third-order valence-corrected chi connectivity index (χ3v) is 5.51. The molecule has 4 fully saturated rings. The van der Waals surface area contributed by atoms with Crippen LogP contribution in [0.2, 0.25) is 0 Å². The van der Waals surface area contributed by atoms with Crippen molar-refractivity contribution in [3.8, 4) is 0 Å². The summed E-state index contributed by atoms with van der Waals surface area (Å²) in [7, 11) is 0. The van der Waals surface area contributed by atoms with Crippen molar-refractivity contribution in [3.63, 3.8) is 0 Å². The summed E-state index contributed by atoms with van der Waals surface area (Å²) in [6.45, 7) is 0. The summed E-state index contributed by atoms with van der Waals surface area (Å²) in [4.78, 5) is 11.6. The van der Waals surface area contributed by atoms with Gasteiger partial charge in [-0.1, -0.05) is 0 Å². The first-order valence-electron chi connectivity index (χ1n) is 5.36. The van der Waals surface area contributed by atoms with Gasteiger partial charge in [-0.3, -0.25) is 4.79 Å². The van der Waals surface area contributed by atoms with Crippen molar-refractivity contribution in [1.82, 2.24) is 0 Å². The lowest BCUT2D eigenvalue weighted by atomic mass is 9.38. The maximum atomic E-state index is 11.6. The van der Waals surface area contributed by atoms with E-state index < -0.39 is 0 Å². The summed E-state index contributed by atoms with van der Waals surface area (Å²) in [5.41, 5.74) is 0.622. The quantitative estimate of drug-likeness (QED) is 0.532. The SMILES string of the molecule is O=C1CC2CCC3CC4CC1C234. The van der Waals surface area contributed by atoms with E-state index in [2.05, 4.69) is 0 Å². The zero-order chi connectivity index (χ0) is 7.92. The van der Waals surface area contributed by atoms with E-state index in [1.54, 1.807) is 0 Å². The van der Waals surface area contributed by atoms with Crippen molar-refractivity contribution in [3.05, 3.63) is 0 Å². The molecule has 0 aromatic carbocycles. The zero-order valence-electron chi connectivity index (χ0n) is 7.25. The third-order valence-electron chi connectivity index (χ3n) is 5.51. The predicted octanol–water partition coefficient (Wildman–Crippen LogP) is 2.01. The van der Waals surface area contributed by atoms with Crippen molar-refractivity contribution in [2.75, 3.05) is 0 Å². The van der Waals surface area contributed by atoms with Gasteiger partial charge in [-0.2, -0.15) is 0 Å². The first-order chi connectivity index (χ1) is 5.83. The fourth-order valence-corrected chi connectivity index (χ4v) is 5.17. The van der Waals surface area contributed by atoms with Crippen LogP contribution in [0.15, 0.2) is 0 Å². The van der Waals surface area contributed by atoms with Gasteiger partial charge in [0.15, 0.2) is 0 Å². The summed E-state index contributed by atoms with van der Waals surface area (Å²) in [5, 5.41) is 0. The van der Waals surface area contributed by atoms with E-state index in [1.807, 2.05) is 0 Å². The molecule has 0 bridgehead atoms. The standard InChI is InChI=1S/C11H14O/c12-10-5-7-2-1-6-3-8-4-9(10)11(6,7)8/h6-9H,1-5H2. The Morgan fingerprint density at radius 3 is 2.67 bits per heavy atom. The molecule has 1 spiro atoms. The van der Waals surface area contributed by atoms with Crippen LogP contribution in [-0.4, -0.2) is 5.78 Å². The number of Topliss-reactive ketones (excluding diaryl/α,β-unsaturated/α-hetero) is 1. The smallest absolute Gasteiger partial charge is 0.136 e. The largest absolute Gasteiger partial charge is 0.299 e. The van der Waals surface area contributed by atoms with Crippen LogP contribution in [0.1, 0.15) is 32.1 Å². The van der Waals surface area contributed by atoms with Crippen LogP contribution in [0.3, 0.4) is 0 Å². The topological polar surface area (TPSA) is 17.1 Å². The Hall–Kier alpha value is -0.330. The highest BCUT2D eigenvalue weighted by atomic mass is 16.1. The van der Waals surface area contributed by atoms with Gasteiger partial charge < -0.3 is 0 Å². The Morgan fingerprint density at radius 1 is 1.08 bits per heavy atom. The molecule has 0 aliphatic heterocycles. The number of rotatable bonds is 0. The molecule has 0 N–H and O–H groups in total. The van der Waals surface area contributed by atoms with Crippen LogP contribution in [0.5, 0.6) is 0 Å². The molecule has 4 rings (SSSR count). The van der Waals surface area contributed by atoms with Crippen molar-refractivity contribution >= 4 is 5.78 Å². The Bertz CT molecular complexity index is 281. The second-order valence-electron chi connectivity index (χ2n) is 5.36. The van der Waals surface area contributed by atoms with Crippen molar-refractivity contribution < 1.29 is 4.79 Å². The summed E-state index contributed by atoms with van der Waals surface area (Å²) in [6.07, 6.45) is 6.53. The number of carbonyl (C=O) groups excluding carboxylic acids is 1. The van der Waals surface area contributed by atoms with E-state index in [-0.39, 0.29) is 0 Å². The van der Waals surface area contributed by atoms with Gasteiger partial charge in [0.1, 0.15) is 5.78 Å². The molecule has 0 saturated heterocycles. The highest BCUT2D eigenvalue weighted by Gasteiger charge is 2.75. The van der Waals surface area contributed by atoms with Crippen LogP contribution in [0, 0.1) is 29.1 Å². The Kier molecular flexibility index (Phi) is 0.779. The van der Waals surface area contributed by atoms with Crippen LogP contribution in [0.25, 0.3) is 0 Å². The number of hydrogen-bond acceptors (Lipinski definition) is 1. The summed E-state index contributed by atoms with van der Waals surface area (Å²) in [6, 6.07) is 0. The Morgan fingerprint density at radius 2 is 1.92 bits per heavy atom. The molecule has 5 unspecified atom stereocenters. The number of ketones is 1. The Balaban J connectivity index is 1.87. The van der Waals surface area contributed by atoms with Crippen LogP contribution < -0.4 is 0 Å². The van der Waals surface area contributed by atoms with Crippen molar-refractivity contribution in [2.24, 2.45) is 29.1 Å². The van der Waals surface area contributed by atoms with Crippen molar-refractivity contribution in [2.45, 2.75) is 32.1 Å². The fraction of sp³-hybridized carbons (Fsp3) is 0.909. The van der Waals surface area contributed by atoms with E-state index >= 15 is 0 Å². The average Bonchev–Trinajstić information content (AvgIpc) is 2.48. The lowest BCUT2D eigenvalue weighted by Crippen LogP contribution is -2.61. The Labute approximate surface area is 72.5 Å². The molecule has 1 nitrogen and oxygen atoms in total. The number of hydrogen-bond donors (Lipinski definition) is 0. The van der Waals surface area contributed by atoms with Gasteiger partial charge in [0, 0.05) is 12.3 Å². The molecule has 0 amide bonds. The second kappa shape index (κ2) is 1.51. The first kappa shape index (κ1) is 6.17. The van der Waals surface area contributed by atoms with E-state index in [1.165, 1.54) is 25.7 Å². The minimum atomic E-state index is 0.550. The highest BCUT2D eigenvalue weighted by molar-refractivity contribution is 5.87. The van der Waals surface area contributed by atoms with E-state index in [4.69, 9.17) is 0 Å². The van der Waals surface area contributed by atoms with Gasteiger partial charge in [-0.25, -0.2) is 0 Å². The maximum absolute atomic E-state index is 11.6. The lowest BCUT2D eigenvalue weighted by molar-refractivity contribution is -0.182. The van der Waals surface area contributed by atoms with E-state index in [0.29, 0.717) is 17.1 Å². The molecular formula is C11H14O. The van der Waals surface area contributed by atoms with Gasteiger partial charge in [-0.05, 0) is 48.9 Å². The van der Waals surface area contributed by atoms with E-state index in [0.717, 1.165) is 24.2 Å². The maximum Gasteiger partial charge on any atom is 0.136 e. The molecule has 4 saturated carbocycles. The first-order valence-corrected chi connectivity index (χ1v) is 5.36. The third kappa shape index (κ3) is 0.364. The van der Waals surface area contributed by atoms with Crippen molar-refractivity contribution in [1.29, 1.82) is 0 Å². The zero-order valence-corrected chi connectivity index (χ0v) is 7.25. The molecule has 4 aliphatic carbocycles. The molecule has 0 heterocycles. The molecule has 0 aromatic rings. The minimum absolute atomic E-state index is 0.550.